The second-order valence-corrected chi connectivity index (χ2v) is 12.2. The van der Waals surface area contributed by atoms with Crippen molar-refractivity contribution < 1.29 is 18.0 Å². The number of nitrogens with one attached hydrogen (secondary N) is 2. The lowest BCUT2D eigenvalue weighted by molar-refractivity contribution is 0.102. The summed E-state index contributed by atoms with van der Waals surface area (Å²) in [6.45, 7) is 5.90. The first-order valence-electron chi connectivity index (χ1n) is 13.1. The molecule has 2 aromatic rings. The molecule has 2 N–H and O–H groups in total. The number of aryl methyl sites for hydroxylation is 1. The Morgan fingerprint density at radius 1 is 1.03 bits per heavy atom. The van der Waals surface area contributed by atoms with Crippen LogP contribution in [0.1, 0.15) is 47.7 Å². The molecular weight excluding hydrogens is 488 g/mol. The molecule has 1 saturated heterocycles. The fourth-order valence-corrected chi connectivity index (χ4v) is 6.16. The maximum Gasteiger partial charge on any atom is 0.317 e. The molecule has 1 unspecified atom stereocenters. The van der Waals surface area contributed by atoms with Crippen LogP contribution in [0.15, 0.2) is 47.4 Å². The Morgan fingerprint density at radius 2 is 1.73 bits per heavy atom. The number of anilines is 1. The van der Waals surface area contributed by atoms with Gasteiger partial charge in [0.25, 0.3) is 5.91 Å². The van der Waals surface area contributed by atoms with E-state index in [9.17, 15) is 18.0 Å². The first-order valence-corrected chi connectivity index (χ1v) is 15.0. The summed E-state index contributed by atoms with van der Waals surface area (Å²) in [4.78, 5) is 29.4. The molecule has 0 aromatic heterocycles. The van der Waals surface area contributed by atoms with E-state index in [1.54, 1.807) is 19.2 Å². The predicted octanol–water partition coefficient (Wildman–Crippen LogP) is 3.57. The van der Waals surface area contributed by atoms with Crippen LogP contribution in [-0.2, 0) is 22.7 Å². The van der Waals surface area contributed by atoms with E-state index in [1.165, 1.54) is 23.3 Å². The maximum atomic E-state index is 12.8. The standard InChI is InChI=1S/C28H38N4O4S/c1-4-31(19-20-13-15-32(16-14-20)28(34)29-2)25-10-6-21-5-9-24(17-23(21)18-25)30-27(33)22-7-11-26(12-8-22)37(3,35)36/h5,7-9,11-12,17,20,25H,4,6,10,13-16,18-19H2,1-3H3,(H,29,34)(H,30,33). The third kappa shape index (κ3) is 6.70. The summed E-state index contributed by atoms with van der Waals surface area (Å²) in [6, 6.07) is 12.6. The number of amides is 3. The van der Waals surface area contributed by atoms with Crippen LogP contribution in [0.5, 0.6) is 0 Å². The van der Waals surface area contributed by atoms with Crippen LogP contribution in [0.3, 0.4) is 0 Å². The molecular formula is C28H38N4O4S. The zero-order chi connectivity index (χ0) is 26.6. The topological polar surface area (TPSA) is 98.8 Å². The van der Waals surface area contributed by atoms with E-state index >= 15 is 0 Å². The number of urea groups is 1. The van der Waals surface area contributed by atoms with Crippen LogP contribution in [0.4, 0.5) is 10.5 Å². The number of carbonyl (C=O) groups excluding carboxylic acids is 2. The van der Waals surface area contributed by atoms with E-state index < -0.39 is 9.84 Å². The van der Waals surface area contributed by atoms with Crippen LogP contribution in [0.2, 0.25) is 0 Å². The SMILES string of the molecule is CCN(CC1CCN(C(=O)NC)CC1)C1CCc2ccc(NC(=O)c3ccc(S(C)(=O)=O)cc3)cc2C1. The zero-order valence-electron chi connectivity index (χ0n) is 22.0. The van der Waals surface area contributed by atoms with Gasteiger partial charge >= 0.3 is 6.03 Å². The van der Waals surface area contributed by atoms with Crippen molar-refractivity contribution in [2.75, 3.05) is 44.8 Å². The first kappa shape index (κ1) is 27.1. The number of rotatable bonds is 7. The molecule has 4 rings (SSSR count). The fraction of sp³-hybridized carbons (Fsp3) is 0.500. The number of hydrogen-bond acceptors (Lipinski definition) is 5. The molecule has 0 saturated carbocycles. The van der Waals surface area contributed by atoms with E-state index in [1.807, 2.05) is 11.0 Å². The number of likely N-dealkylation sites (N-methyl/N-ethyl adjacent to an activating group) is 1. The molecule has 0 spiro atoms. The number of piperidine rings is 1. The van der Waals surface area contributed by atoms with Gasteiger partial charge in [-0.3, -0.25) is 4.79 Å². The van der Waals surface area contributed by atoms with Crippen molar-refractivity contribution in [2.45, 2.75) is 50.0 Å². The number of nitrogens with zero attached hydrogens (tertiary/aromatic N) is 2. The van der Waals surface area contributed by atoms with Gasteiger partial charge in [-0.25, -0.2) is 13.2 Å². The molecule has 8 nitrogen and oxygen atoms in total. The van der Waals surface area contributed by atoms with Crippen molar-refractivity contribution in [1.29, 1.82) is 0 Å². The number of carbonyl (C=O) groups is 2. The Bertz CT molecular complexity index is 1220. The summed E-state index contributed by atoms with van der Waals surface area (Å²) in [7, 11) is -1.62. The molecule has 3 amide bonds. The van der Waals surface area contributed by atoms with Crippen molar-refractivity contribution >= 4 is 27.5 Å². The van der Waals surface area contributed by atoms with Gasteiger partial charge in [0.05, 0.1) is 4.90 Å². The minimum atomic E-state index is -3.30. The highest BCUT2D eigenvalue weighted by Crippen LogP contribution is 2.29. The van der Waals surface area contributed by atoms with Crippen LogP contribution < -0.4 is 10.6 Å². The Labute approximate surface area is 220 Å². The van der Waals surface area contributed by atoms with Gasteiger partial charge in [-0.15, -0.1) is 0 Å². The van der Waals surface area contributed by atoms with Crippen LogP contribution >= 0.6 is 0 Å². The fourth-order valence-electron chi connectivity index (χ4n) is 5.53. The quantitative estimate of drug-likeness (QED) is 0.575. The third-order valence-corrected chi connectivity index (χ3v) is 8.87. The normalized spacial score (nSPS) is 18.4. The highest BCUT2D eigenvalue weighted by Gasteiger charge is 2.28. The summed E-state index contributed by atoms with van der Waals surface area (Å²) in [6.07, 6.45) is 6.32. The van der Waals surface area contributed by atoms with Crippen molar-refractivity contribution in [3.05, 3.63) is 59.2 Å². The number of fused-ring (bicyclic) bond motifs is 1. The lowest BCUT2D eigenvalue weighted by Gasteiger charge is -2.39. The molecule has 9 heteroatoms. The van der Waals surface area contributed by atoms with Crippen LogP contribution in [0.25, 0.3) is 0 Å². The molecule has 1 fully saturated rings. The molecule has 0 radical (unpaired) electrons. The summed E-state index contributed by atoms with van der Waals surface area (Å²) in [5, 5.41) is 5.69. The van der Waals surface area contributed by atoms with Crippen molar-refractivity contribution in [3.8, 4) is 0 Å². The smallest absolute Gasteiger partial charge is 0.317 e. The van der Waals surface area contributed by atoms with E-state index in [-0.39, 0.29) is 16.8 Å². The van der Waals surface area contributed by atoms with Crippen LogP contribution in [-0.4, -0.2) is 75.7 Å². The van der Waals surface area contributed by atoms with Gasteiger partial charge in [-0.2, -0.15) is 0 Å². The summed E-state index contributed by atoms with van der Waals surface area (Å²) < 4.78 is 23.4. The van der Waals surface area contributed by atoms with E-state index in [0.717, 1.165) is 70.2 Å². The van der Waals surface area contributed by atoms with Gasteiger partial charge in [0.15, 0.2) is 9.84 Å². The Balaban J connectivity index is 1.37. The van der Waals surface area contributed by atoms with Gasteiger partial charge in [0.1, 0.15) is 0 Å². The first-order chi connectivity index (χ1) is 17.7. The molecule has 0 bridgehead atoms. The largest absolute Gasteiger partial charge is 0.341 e. The molecule has 1 aliphatic carbocycles. The van der Waals surface area contributed by atoms with E-state index in [2.05, 4.69) is 34.6 Å². The minimum absolute atomic E-state index is 0.0171. The molecule has 1 atom stereocenters. The summed E-state index contributed by atoms with van der Waals surface area (Å²) in [5.74, 6) is 0.340. The summed E-state index contributed by atoms with van der Waals surface area (Å²) >= 11 is 0. The second-order valence-electron chi connectivity index (χ2n) is 10.2. The van der Waals surface area contributed by atoms with E-state index in [0.29, 0.717) is 17.5 Å². The molecule has 1 aliphatic heterocycles. The molecule has 2 aromatic carbocycles. The van der Waals surface area contributed by atoms with Crippen molar-refractivity contribution in [1.82, 2.24) is 15.1 Å². The van der Waals surface area contributed by atoms with Gasteiger partial charge in [-0.1, -0.05) is 13.0 Å². The summed E-state index contributed by atoms with van der Waals surface area (Å²) in [5.41, 5.74) is 3.78. The Morgan fingerprint density at radius 3 is 2.35 bits per heavy atom. The number of likely N-dealkylation sites (tertiary alicyclic amines) is 1. The lowest BCUT2D eigenvalue weighted by atomic mass is 9.86. The monoisotopic (exact) mass is 526 g/mol. The Kier molecular flexibility index (Phi) is 8.54. The molecule has 2 aliphatic rings. The highest BCUT2D eigenvalue weighted by molar-refractivity contribution is 7.90. The number of hydrogen-bond donors (Lipinski definition) is 2. The highest BCUT2D eigenvalue weighted by atomic mass is 32.2. The van der Waals surface area contributed by atoms with Gasteiger partial charge in [-0.05, 0) is 92.1 Å². The average Bonchev–Trinajstić information content (AvgIpc) is 2.90. The number of sulfone groups is 1. The van der Waals surface area contributed by atoms with Gasteiger partial charge in [0.2, 0.25) is 0 Å². The third-order valence-electron chi connectivity index (χ3n) is 7.74. The Hall–Kier alpha value is -2.91. The van der Waals surface area contributed by atoms with Crippen LogP contribution in [0, 0.1) is 5.92 Å². The van der Waals surface area contributed by atoms with E-state index in [4.69, 9.17) is 0 Å². The van der Waals surface area contributed by atoms with Crippen molar-refractivity contribution in [3.63, 3.8) is 0 Å². The molecule has 1 heterocycles. The predicted molar refractivity (Wildman–Crippen MR) is 146 cm³/mol. The zero-order valence-corrected chi connectivity index (χ0v) is 22.8. The molecule has 200 valence electrons. The molecule has 37 heavy (non-hydrogen) atoms. The maximum absolute atomic E-state index is 12.8. The number of benzene rings is 2. The van der Waals surface area contributed by atoms with Gasteiger partial charge < -0.3 is 20.4 Å². The van der Waals surface area contributed by atoms with Crippen molar-refractivity contribution in [2.24, 2.45) is 5.92 Å². The van der Waals surface area contributed by atoms with Gasteiger partial charge in [0, 0.05) is 50.2 Å². The second kappa shape index (κ2) is 11.6. The minimum Gasteiger partial charge on any atom is -0.341 e. The average molecular weight is 527 g/mol. The lowest BCUT2D eigenvalue weighted by Crippen LogP contribution is -2.47.